The van der Waals surface area contributed by atoms with E-state index < -0.39 is 23.9 Å². The summed E-state index contributed by atoms with van der Waals surface area (Å²) < 4.78 is 20.6. The Morgan fingerprint density at radius 1 is 1.20 bits per heavy atom. The van der Waals surface area contributed by atoms with Gasteiger partial charge in [-0.3, -0.25) is 0 Å². The number of nitrogens with zero attached hydrogens (tertiary/aromatic N) is 2. The minimum absolute atomic E-state index is 0.357. The molecule has 1 heterocycles. The first-order chi connectivity index (χ1) is 14.5. The third-order valence-electron chi connectivity index (χ3n) is 4.39. The van der Waals surface area contributed by atoms with Crippen LogP contribution in [0.5, 0.6) is 0 Å². The summed E-state index contributed by atoms with van der Waals surface area (Å²) in [7, 11) is 1.80. The molecule has 0 spiro atoms. The number of halogens is 1. The Balaban J connectivity index is 1.72. The topological polar surface area (TPSA) is 85.2 Å². The molecule has 0 aliphatic rings. The second-order valence-corrected chi connectivity index (χ2v) is 6.70. The number of anilines is 1. The molecule has 7 nitrogen and oxygen atoms in total. The Labute approximate surface area is 173 Å². The molecule has 0 radical (unpaired) electrons. The monoisotopic (exact) mass is 410 g/mol. The van der Waals surface area contributed by atoms with Crippen molar-refractivity contribution in [2.45, 2.75) is 19.4 Å². The zero-order chi connectivity index (χ0) is 21.5. The summed E-state index contributed by atoms with van der Waals surface area (Å²) in [5, 5.41) is 5.54. The largest absolute Gasteiger partial charge is 0.462 e. The van der Waals surface area contributed by atoms with Crippen LogP contribution in [0.2, 0.25) is 0 Å². The quantitative estimate of drug-likeness (QED) is 0.576. The van der Waals surface area contributed by atoms with Crippen molar-refractivity contribution in [3.8, 4) is 0 Å². The van der Waals surface area contributed by atoms with Crippen molar-refractivity contribution in [2.75, 3.05) is 11.9 Å². The summed E-state index contributed by atoms with van der Waals surface area (Å²) >= 11 is 0. The molecule has 0 fully saturated rings. The van der Waals surface area contributed by atoms with Crippen LogP contribution in [0.1, 0.15) is 41.1 Å². The number of esters is 1. The lowest BCUT2D eigenvalue weighted by atomic mass is 10.1. The van der Waals surface area contributed by atoms with Crippen molar-refractivity contribution >= 4 is 17.7 Å². The number of carbonyl (C=O) groups is 2. The number of benzene rings is 2. The SMILES string of the molecule is CCCOC(=O)c1ccc(NC(=O)N[C@H](c2cccc(F)c2)c2nccn2C)cc1. The van der Waals surface area contributed by atoms with E-state index in [2.05, 4.69) is 15.6 Å². The van der Waals surface area contributed by atoms with E-state index in [1.54, 1.807) is 60.4 Å². The van der Waals surface area contributed by atoms with Gasteiger partial charge in [0, 0.05) is 25.1 Å². The number of carbonyl (C=O) groups excluding carboxylic acids is 2. The fourth-order valence-electron chi connectivity index (χ4n) is 2.90. The predicted molar refractivity (Wildman–Crippen MR) is 111 cm³/mol. The van der Waals surface area contributed by atoms with E-state index in [-0.39, 0.29) is 0 Å². The highest BCUT2D eigenvalue weighted by molar-refractivity contribution is 5.92. The van der Waals surface area contributed by atoms with Crippen LogP contribution in [-0.2, 0) is 11.8 Å². The minimum Gasteiger partial charge on any atom is -0.462 e. The van der Waals surface area contributed by atoms with Crippen LogP contribution < -0.4 is 10.6 Å². The van der Waals surface area contributed by atoms with E-state index >= 15 is 0 Å². The smallest absolute Gasteiger partial charge is 0.338 e. The normalized spacial score (nSPS) is 11.6. The van der Waals surface area contributed by atoms with Gasteiger partial charge in [0.15, 0.2) is 0 Å². The van der Waals surface area contributed by atoms with Gasteiger partial charge in [0.05, 0.1) is 12.2 Å². The Morgan fingerprint density at radius 3 is 2.60 bits per heavy atom. The molecule has 1 aromatic heterocycles. The maximum Gasteiger partial charge on any atom is 0.338 e. The lowest BCUT2D eigenvalue weighted by Crippen LogP contribution is -2.34. The number of hydrogen-bond donors (Lipinski definition) is 2. The molecule has 2 N–H and O–H groups in total. The van der Waals surface area contributed by atoms with Crippen LogP contribution in [-0.4, -0.2) is 28.2 Å². The molecule has 2 amide bonds. The van der Waals surface area contributed by atoms with Gasteiger partial charge in [-0.1, -0.05) is 19.1 Å². The Kier molecular flexibility index (Phi) is 6.79. The van der Waals surface area contributed by atoms with Gasteiger partial charge >= 0.3 is 12.0 Å². The zero-order valence-electron chi connectivity index (χ0n) is 16.8. The highest BCUT2D eigenvalue weighted by Gasteiger charge is 2.21. The molecule has 30 heavy (non-hydrogen) atoms. The van der Waals surface area contributed by atoms with Crippen molar-refractivity contribution in [3.63, 3.8) is 0 Å². The van der Waals surface area contributed by atoms with Crippen molar-refractivity contribution < 1.29 is 18.7 Å². The summed E-state index contributed by atoms with van der Waals surface area (Å²) in [6.07, 6.45) is 4.10. The van der Waals surface area contributed by atoms with Gasteiger partial charge in [-0.2, -0.15) is 0 Å². The second kappa shape index (κ2) is 9.69. The van der Waals surface area contributed by atoms with Crippen molar-refractivity contribution in [1.82, 2.24) is 14.9 Å². The molecule has 0 unspecified atom stereocenters. The number of amides is 2. The third-order valence-corrected chi connectivity index (χ3v) is 4.39. The molecule has 0 saturated heterocycles. The molecular weight excluding hydrogens is 387 g/mol. The first-order valence-electron chi connectivity index (χ1n) is 9.55. The Bertz CT molecular complexity index is 1020. The maximum absolute atomic E-state index is 13.7. The average molecular weight is 410 g/mol. The zero-order valence-corrected chi connectivity index (χ0v) is 16.8. The number of aromatic nitrogens is 2. The lowest BCUT2D eigenvalue weighted by Gasteiger charge is -2.19. The molecule has 3 aromatic rings. The predicted octanol–water partition coefficient (Wildman–Crippen LogP) is 4.04. The van der Waals surface area contributed by atoms with Gasteiger partial charge in [0.1, 0.15) is 17.7 Å². The number of imidazole rings is 1. The summed E-state index contributed by atoms with van der Waals surface area (Å²) in [5.41, 5.74) is 1.46. The van der Waals surface area contributed by atoms with Crippen molar-refractivity contribution in [1.29, 1.82) is 0 Å². The molecule has 0 bridgehead atoms. The fourth-order valence-corrected chi connectivity index (χ4v) is 2.90. The molecular formula is C22H23FN4O3. The van der Waals surface area contributed by atoms with Crippen molar-refractivity contribution in [3.05, 3.63) is 83.7 Å². The van der Waals surface area contributed by atoms with E-state index in [9.17, 15) is 14.0 Å². The number of aryl methyl sites for hydroxylation is 1. The molecule has 0 saturated carbocycles. The molecule has 0 aliphatic heterocycles. The van der Waals surface area contributed by atoms with E-state index in [1.165, 1.54) is 12.1 Å². The van der Waals surface area contributed by atoms with Crippen LogP contribution in [0.15, 0.2) is 60.9 Å². The van der Waals surface area contributed by atoms with Gasteiger partial charge in [-0.05, 0) is 48.4 Å². The van der Waals surface area contributed by atoms with Gasteiger partial charge in [-0.15, -0.1) is 0 Å². The Hall–Kier alpha value is -3.68. The maximum atomic E-state index is 13.7. The lowest BCUT2D eigenvalue weighted by molar-refractivity contribution is 0.0505. The van der Waals surface area contributed by atoms with Gasteiger partial charge in [0.2, 0.25) is 0 Å². The molecule has 0 aliphatic carbocycles. The van der Waals surface area contributed by atoms with Crippen molar-refractivity contribution in [2.24, 2.45) is 7.05 Å². The van der Waals surface area contributed by atoms with E-state index in [4.69, 9.17) is 4.74 Å². The molecule has 2 aromatic carbocycles. The molecule has 3 rings (SSSR count). The average Bonchev–Trinajstić information content (AvgIpc) is 3.16. The van der Waals surface area contributed by atoms with Crippen LogP contribution in [0, 0.1) is 5.82 Å². The first kappa shape index (κ1) is 21.0. The van der Waals surface area contributed by atoms with Crippen LogP contribution in [0.25, 0.3) is 0 Å². The highest BCUT2D eigenvalue weighted by Crippen LogP contribution is 2.21. The summed E-state index contributed by atoms with van der Waals surface area (Å²) in [5.74, 6) is -0.252. The standard InChI is InChI=1S/C22H23FN4O3/c1-3-13-30-21(28)15-7-9-18(10-8-15)25-22(29)26-19(20-24-11-12-27(20)2)16-5-4-6-17(23)14-16/h4-12,14,19H,3,13H2,1-2H3,(H2,25,26,29)/t19-/m1/s1. The van der Waals surface area contributed by atoms with E-state index in [1.807, 2.05) is 6.92 Å². The summed E-state index contributed by atoms with van der Waals surface area (Å²) in [6, 6.07) is 11.2. The van der Waals surface area contributed by atoms with Crippen LogP contribution >= 0.6 is 0 Å². The first-order valence-corrected chi connectivity index (χ1v) is 9.55. The summed E-state index contributed by atoms with van der Waals surface area (Å²) in [6.45, 7) is 2.27. The minimum atomic E-state index is -0.649. The van der Waals surface area contributed by atoms with Crippen LogP contribution in [0.3, 0.4) is 0 Å². The summed E-state index contributed by atoms with van der Waals surface area (Å²) in [4.78, 5) is 28.8. The highest BCUT2D eigenvalue weighted by atomic mass is 19.1. The van der Waals surface area contributed by atoms with Gasteiger partial charge in [0.25, 0.3) is 0 Å². The van der Waals surface area contributed by atoms with Gasteiger partial charge < -0.3 is 19.9 Å². The second-order valence-electron chi connectivity index (χ2n) is 6.70. The van der Waals surface area contributed by atoms with Gasteiger partial charge in [-0.25, -0.2) is 19.0 Å². The number of hydrogen-bond acceptors (Lipinski definition) is 4. The fraction of sp³-hybridized carbons (Fsp3) is 0.227. The Morgan fingerprint density at radius 2 is 1.97 bits per heavy atom. The number of urea groups is 1. The molecule has 1 atom stereocenters. The molecule has 156 valence electrons. The van der Waals surface area contributed by atoms with Crippen LogP contribution in [0.4, 0.5) is 14.9 Å². The van der Waals surface area contributed by atoms with E-state index in [0.29, 0.717) is 29.2 Å². The third kappa shape index (κ3) is 5.22. The number of nitrogens with one attached hydrogen (secondary N) is 2. The molecule has 8 heteroatoms. The number of ether oxygens (including phenoxy) is 1. The van der Waals surface area contributed by atoms with E-state index in [0.717, 1.165) is 6.42 Å². The number of rotatable bonds is 7.